The van der Waals surface area contributed by atoms with Gasteiger partial charge in [-0.2, -0.15) is 0 Å². The maximum Gasteiger partial charge on any atom is 0.321 e. The first-order valence-corrected chi connectivity index (χ1v) is 9.09. The number of hydrogen-bond acceptors (Lipinski definition) is 5. The van der Waals surface area contributed by atoms with Gasteiger partial charge in [0.1, 0.15) is 11.3 Å². The first kappa shape index (κ1) is 18.4. The molecule has 134 valence electrons. The van der Waals surface area contributed by atoms with E-state index >= 15 is 0 Å². The Balaban J connectivity index is 1.59. The van der Waals surface area contributed by atoms with Gasteiger partial charge in [-0.15, -0.1) is 0 Å². The Hall–Kier alpha value is -2.39. The number of ether oxygens (including phenoxy) is 1. The van der Waals surface area contributed by atoms with E-state index in [1.165, 1.54) is 6.26 Å². The molecule has 9 heteroatoms. The number of carbonyl (C=O) groups excluding carboxylic acids is 2. The van der Waals surface area contributed by atoms with Gasteiger partial charge in [0, 0.05) is 16.1 Å². The first-order chi connectivity index (χ1) is 12.5. The second kappa shape index (κ2) is 8.33. The number of imide groups is 1. The van der Waals surface area contributed by atoms with Crippen LogP contribution in [0, 0.1) is 0 Å². The average Bonchev–Trinajstić information content (AvgIpc) is 3.13. The molecule has 0 aliphatic heterocycles. The Bertz CT molecular complexity index is 945. The molecule has 3 aromatic rings. The SMILES string of the molecule is O=C(COc1c(Br)cc(Br)c2cccnc12)NC(=O)NCc1ccco1. The predicted octanol–water partition coefficient (Wildman–Crippen LogP) is 3.76. The number of pyridine rings is 1. The number of benzene rings is 1. The topological polar surface area (TPSA) is 93.5 Å². The lowest BCUT2D eigenvalue weighted by Crippen LogP contribution is -2.41. The summed E-state index contributed by atoms with van der Waals surface area (Å²) >= 11 is 6.86. The molecule has 1 aromatic carbocycles. The molecule has 2 N–H and O–H groups in total. The second-order valence-corrected chi connectivity index (χ2v) is 6.88. The van der Waals surface area contributed by atoms with E-state index in [-0.39, 0.29) is 13.2 Å². The van der Waals surface area contributed by atoms with Crippen molar-refractivity contribution in [3.8, 4) is 5.75 Å². The van der Waals surface area contributed by atoms with Gasteiger partial charge in [0.25, 0.3) is 5.91 Å². The van der Waals surface area contributed by atoms with Crippen LogP contribution in [0.5, 0.6) is 5.75 Å². The van der Waals surface area contributed by atoms with Crippen LogP contribution < -0.4 is 15.4 Å². The van der Waals surface area contributed by atoms with Crippen LogP contribution >= 0.6 is 31.9 Å². The number of halogens is 2. The van der Waals surface area contributed by atoms with Gasteiger partial charge in [-0.3, -0.25) is 15.1 Å². The van der Waals surface area contributed by atoms with Gasteiger partial charge in [0.15, 0.2) is 12.4 Å². The molecule has 0 saturated carbocycles. The Kier molecular flexibility index (Phi) is 5.89. The van der Waals surface area contributed by atoms with Gasteiger partial charge in [-0.1, -0.05) is 22.0 Å². The van der Waals surface area contributed by atoms with E-state index in [1.807, 2.05) is 12.1 Å². The molecular weight excluding hydrogens is 470 g/mol. The standard InChI is InChI=1S/C17H13Br2N3O4/c18-12-7-13(19)16(15-11(12)4-1-5-20-15)26-9-14(23)22-17(24)21-8-10-3-2-6-25-10/h1-7H,8-9H2,(H2,21,22,23,24). The molecule has 2 aromatic heterocycles. The minimum Gasteiger partial charge on any atom is -0.480 e. The van der Waals surface area contributed by atoms with Gasteiger partial charge in [0.2, 0.25) is 0 Å². The zero-order chi connectivity index (χ0) is 18.5. The number of nitrogens with one attached hydrogen (secondary N) is 2. The maximum absolute atomic E-state index is 11.9. The Morgan fingerprint density at radius 3 is 2.81 bits per heavy atom. The van der Waals surface area contributed by atoms with Crippen molar-refractivity contribution in [1.29, 1.82) is 0 Å². The van der Waals surface area contributed by atoms with Crippen molar-refractivity contribution in [3.63, 3.8) is 0 Å². The summed E-state index contributed by atoms with van der Waals surface area (Å²) in [6.45, 7) is -0.153. The zero-order valence-electron chi connectivity index (χ0n) is 13.3. The molecule has 0 spiro atoms. The highest BCUT2D eigenvalue weighted by molar-refractivity contribution is 9.11. The van der Waals surface area contributed by atoms with Crippen molar-refractivity contribution in [3.05, 3.63) is 57.5 Å². The fourth-order valence-electron chi connectivity index (χ4n) is 2.21. The van der Waals surface area contributed by atoms with Gasteiger partial charge >= 0.3 is 6.03 Å². The van der Waals surface area contributed by atoms with Crippen molar-refractivity contribution < 1.29 is 18.7 Å². The summed E-state index contributed by atoms with van der Waals surface area (Å²) in [4.78, 5) is 27.9. The Morgan fingerprint density at radius 1 is 1.19 bits per heavy atom. The maximum atomic E-state index is 11.9. The minimum atomic E-state index is -0.632. The van der Waals surface area contributed by atoms with Crippen molar-refractivity contribution in [1.82, 2.24) is 15.6 Å². The normalized spacial score (nSPS) is 10.5. The molecule has 0 unspecified atom stereocenters. The molecule has 0 radical (unpaired) electrons. The van der Waals surface area contributed by atoms with Crippen LogP contribution in [0.2, 0.25) is 0 Å². The molecule has 3 rings (SSSR count). The Labute approximate surface area is 165 Å². The molecule has 0 fully saturated rings. The third-order valence-electron chi connectivity index (χ3n) is 3.35. The van der Waals surface area contributed by atoms with E-state index in [0.717, 1.165) is 9.86 Å². The van der Waals surface area contributed by atoms with Crippen LogP contribution in [0.15, 0.2) is 56.2 Å². The fraction of sp³-hybridized carbons (Fsp3) is 0.118. The number of urea groups is 1. The number of carbonyl (C=O) groups is 2. The molecule has 0 aliphatic rings. The van der Waals surface area contributed by atoms with E-state index in [0.29, 0.717) is 21.5 Å². The summed E-state index contributed by atoms with van der Waals surface area (Å²) in [5.74, 6) is 0.427. The third kappa shape index (κ3) is 4.41. The van der Waals surface area contributed by atoms with Gasteiger partial charge in [-0.25, -0.2) is 4.79 Å². The highest BCUT2D eigenvalue weighted by Gasteiger charge is 2.14. The van der Waals surface area contributed by atoms with Crippen molar-refractivity contribution >= 4 is 54.7 Å². The number of amides is 3. The number of nitrogens with zero attached hydrogens (tertiary/aromatic N) is 1. The number of hydrogen-bond donors (Lipinski definition) is 2. The molecule has 26 heavy (non-hydrogen) atoms. The second-order valence-electron chi connectivity index (χ2n) is 5.17. The van der Waals surface area contributed by atoms with Crippen LogP contribution in [-0.2, 0) is 11.3 Å². The number of fused-ring (bicyclic) bond motifs is 1. The van der Waals surface area contributed by atoms with E-state index in [1.54, 1.807) is 24.4 Å². The van der Waals surface area contributed by atoms with Crippen LogP contribution in [0.25, 0.3) is 10.9 Å². The molecule has 3 amide bonds. The van der Waals surface area contributed by atoms with E-state index in [2.05, 4.69) is 47.5 Å². The first-order valence-electron chi connectivity index (χ1n) is 7.50. The molecule has 0 atom stereocenters. The summed E-state index contributed by atoms with van der Waals surface area (Å²) in [6.07, 6.45) is 3.14. The van der Waals surface area contributed by atoms with Crippen LogP contribution in [0.3, 0.4) is 0 Å². The fourth-order valence-corrected chi connectivity index (χ4v) is 3.60. The lowest BCUT2D eigenvalue weighted by molar-refractivity contribution is -0.122. The smallest absolute Gasteiger partial charge is 0.321 e. The highest BCUT2D eigenvalue weighted by atomic mass is 79.9. The van der Waals surface area contributed by atoms with E-state index in [9.17, 15) is 9.59 Å². The number of furan rings is 1. The Morgan fingerprint density at radius 2 is 2.04 bits per heavy atom. The quantitative estimate of drug-likeness (QED) is 0.577. The predicted molar refractivity (Wildman–Crippen MR) is 102 cm³/mol. The number of aromatic nitrogens is 1. The number of rotatable bonds is 5. The summed E-state index contributed by atoms with van der Waals surface area (Å²) in [7, 11) is 0. The van der Waals surface area contributed by atoms with Gasteiger partial charge in [0.05, 0.1) is 17.3 Å². The van der Waals surface area contributed by atoms with Crippen LogP contribution in [0.1, 0.15) is 5.76 Å². The van der Waals surface area contributed by atoms with E-state index in [4.69, 9.17) is 9.15 Å². The summed E-state index contributed by atoms with van der Waals surface area (Å²) in [6, 6.07) is 8.30. The highest BCUT2D eigenvalue weighted by Crippen LogP contribution is 2.37. The zero-order valence-corrected chi connectivity index (χ0v) is 16.5. The molecular formula is C17H13Br2N3O4. The monoisotopic (exact) mass is 481 g/mol. The third-order valence-corrected chi connectivity index (χ3v) is 4.60. The largest absolute Gasteiger partial charge is 0.480 e. The van der Waals surface area contributed by atoms with Crippen molar-refractivity contribution in [2.24, 2.45) is 0 Å². The summed E-state index contributed by atoms with van der Waals surface area (Å²) in [5, 5.41) is 5.55. The average molecular weight is 483 g/mol. The van der Waals surface area contributed by atoms with Crippen molar-refractivity contribution in [2.75, 3.05) is 6.61 Å². The molecule has 7 nitrogen and oxygen atoms in total. The molecule has 0 saturated heterocycles. The lowest BCUT2D eigenvalue weighted by Gasteiger charge is -2.12. The van der Waals surface area contributed by atoms with Gasteiger partial charge in [-0.05, 0) is 40.2 Å². The van der Waals surface area contributed by atoms with Crippen LogP contribution in [-0.4, -0.2) is 23.5 Å². The summed E-state index contributed by atoms with van der Waals surface area (Å²) < 4.78 is 12.2. The minimum absolute atomic E-state index is 0.180. The van der Waals surface area contributed by atoms with Crippen molar-refractivity contribution in [2.45, 2.75) is 6.54 Å². The van der Waals surface area contributed by atoms with Gasteiger partial charge < -0.3 is 14.5 Å². The van der Waals surface area contributed by atoms with E-state index < -0.39 is 11.9 Å². The molecule has 0 bridgehead atoms. The van der Waals surface area contributed by atoms with Crippen LogP contribution in [0.4, 0.5) is 4.79 Å². The lowest BCUT2D eigenvalue weighted by atomic mass is 10.2. The molecule has 0 aliphatic carbocycles. The molecule has 2 heterocycles. The summed E-state index contributed by atoms with van der Waals surface area (Å²) in [5.41, 5.74) is 0.601.